The first kappa shape index (κ1) is 29.7. The van der Waals surface area contributed by atoms with Crippen LogP contribution in [-0.4, -0.2) is 24.4 Å². The van der Waals surface area contributed by atoms with Crippen LogP contribution in [0.1, 0.15) is 56.2 Å². The van der Waals surface area contributed by atoms with Crippen LogP contribution >= 0.6 is 11.6 Å². The molecule has 1 amide bonds. The number of carbonyl (C=O) groups excluding carboxylic acids is 1. The number of rotatable bonds is 8. The van der Waals surface area contributed by atoms with Gasteiger partial charge in [-0.1, -0.05) is 111 Å². The Kier molecular flexibility index (Phi) is 9.20. The molecule has 0 aliphatic heterocycles. The summed E-state index contributed by atoms with van der Waals surface area (Å²) in [5.41, 5.74) is 1.96. The number of hydrogen-bond donors (Lipinski definition) is 2. The summed E-state index contributed by atoms with van der Waals surface area (Å²) in [6.45, 7) is 4.37. The van der Waals surface area contributed by atoms with Crippen molar-refractivity contribution in [1.82, 2.24) is 0 Å². The van der Waals surface area contributed by atoms with E-state index in [1.165, 1.54) is 0 Å². The van der Waals surface area contributed by atoms with Crippen molar-refractivity contribution in [2.24, 2.45) is 11.8 Å². The number of amides is 1. The fraction of sp³-hybridized carbons (Fsp3) is 0.306. The van der Waals surface area contributed by atoms with E-state index in [0.717, 1.165) is 25.7 Å². The Balaban J connectivity index is 1.63. The summed E-state index contributed by atoms with van der Waals surface area (Å²) in [5.74, 6) is 1.26. The molecule has 1 aliphatic rings. The fourth-order valence-corrected chi connectivity index (χ4v) is 6.56. The van der Waals surface area contributed by atoms with Crippen LogP contribution in [0.25, 0.3) is 11.1 Å². The van der Waals surface area contributed by atoms with Gasteiger partial charge >= 0.3 is 6.09 Å². The normalized spacial score (nSPS) is 17.1. The van der Waals surface area contributed by atoms with Crippen molar-refractivity contribution < 1.29 is 19.4 Å². The molecular formula is C36H38ClNO4. The van der Waals surface area contributed by atoms with Crippen LogP contribution in [0.3, 0.4) is 0 Å². The van der Waals surface area contributed by atoms with Crippen LogP contribution in [0.5, 0.6) is 5.75 Å². The molecule has 4 aromatic rings. The van der Waals surface area contributed by atoms with Gasteiger partial charge in [-0.3, -0.25) is 5.32 Å². The topological polar surface area (TPSA) is 67.8 Å². The lowest BCUT2D eigenvalue weighted by atomic mass is 9.77. The van der Waals surface area contributed by atoms with Gasteiger partial charge in [-0.15, -0.1) is 0 Å². The Bertz CT molecular complexity index is 1470. The van der Waals surface area contributed by atoms with E-state index in [2.05, 4.69) is 19.2 Å². The molecule has 1 aliphatic carbocycles. The highest BCUT2D eigenvalue weighted by atomic mass is 35.5. The molecule has 0 unspecified atom stereocenters. The van der Waals surface area contributed by atoms with Gasteiger partial charge in [0.15, 0.2) is 0 Å². The van der Waals surface area contributed by atoms with Crippen molar-refractivity contribution in [1.29, 1.82) is 0 Å². The van der Waals surface area contributed by atoms with Gasteiger partial charge in [0.25, 0.3) is 0 Å². The predicted octanol–water partition coefficient (Wildman–Crippen LogP) is 9.06. The zero-order valence-corrected chi connectivity index (χ0v) is 25.1. The first-order valence-corrected chi connectivity index (χ1v) is 15.0. The first-order valence-electron chi connectivity index (χ1n) is 14.6. The van der Waals surface area contributed by atoms with Crippen molar-refractivity contribution in [3.05, 3.63) is 119 Å². The average Bonchev–Trinajstić information content (AvgIpc) is 3.01. The third-order valence-electron chi connectivity index (χ3n) is 8.39. The summed E-state index contributed by atoms with van der Waals surface area (Å²) in [6.07, 6.45) is 3.46. The summed E-state index contributed by atoms with van der Waals surface area (Å²) in [6, 6.07) is 29.9. The Morgan fingerprint density at radius 1 is 0.857 bits per heavy atom. The molecule has 0 heterocycles. The van der Waals surface area contributed by atoms with Crippen molar-refractivity contribution in [2.45, 2.75) is 51.2 Å². The summed E-state index contributed by atoms with van der Waals surface area (Å²) < 4.78 is 11.9. The molecular weight excluding hydrogens is 546 g/mol. The minimum atomic E-state index is -1.56. The Morgan fingerprint density at radius 3 is 2.10 bits per heavy atom. The number of hydrogen-bond acceptors (Lipinski definition) is 4. The number of nitrogens with one attached hydrogen (secondary N) is 1. The lowest BCUT2D eigenvalue weighted by Gasteiger charge is -2.34. The molecule has 1 fully saturated rings. The van der Waals surface area contributed by atoms with Crippen molar-refractivity contribution >= 4 is 23.4 Å². The second-order valence-electron chi connectivity index (χ2n) is 11.2. The molecule has 2 atom stereocenters. The highest BCUT2D eigenvalue weighted by molar-refractivity contribution is 6.34. The molecule has 6 heteroatoms. The Morgan fingerprint density at radius 2 is 1.48 bits per heavy atom. The van der Waals surface area contributed by atoms with Gasteiger partial charge in [0.2, 0.25) is 0 Å². The zero-order valence-electron chi connectivity index (χ0n) is 24.3. The van der Waals surface area contributed by atoms with E-state index >= 15 is 0 Å². The van der Waals surface area contributed by atoms with E-state index in [0.29, 0.717) is 56.1 Å². The van der Waals surface area contributed by atoms with E-state index in [9.17, 15) is 9.90 Å². The average molecular weight is 584 g/mol. The van der Waals surface area contributed by atoms with Crippen LogP contribution in [0.15, 0.2) is 97.1 Å². The monoisotopic (exact) mass is 583 g/mol. The molecule has 5 rings (SSSR count). The van der Waals surface area contributed by atoms with Gasteiger partial charge in [-0.05, 0) is 60.4 Å². The minimum absolute atomic E-state index is 0.135. The minimum Gasteiger partial charge on any atom is -0.496 e. The van der Waals surface area contributed by atoms with Gasteiger partial charge < -0.3 is 14.6 Å². The Labute approximate surface area is 253 Å². The predicted molar refractivity (Wildman–Crippen MR) is 169 cm³/mol. The van der Waals surface area contributed by atoms with Gasteiger partial charge in [0, 0.05) is 16.7 Å². The van der Waals surface area contributed by atoms with Gasteiger partial charge in [-0.25, -0.2) is 4.79 Å². The van der Waals surface area contributed by atoms with Crippen LogP contribution < -0.4 is 10.1 Å². The van der Waals surface area contributed by atoms with Gasteiger partial charge in [0.05, 0.1) is 17.8 Å². The maximum absolute atomic E-state index is 13.4. The highest BCUT2D eigenvalue weighted by Gasteiger charge is 2.38. The number of halogens is 1. The smallest absolute Gasteiger partial charge is 0.411 e. The number of anilines is 1. The second-order valence-corrected chi connectivity index (χ2v) is 11.7. The van der Waals surface area contributed by atoms with Crippen molar-refractivity contribution in [3.63, 3.8) is 0 Å². The molecule has 0 spiro atoms. The maximum atomic E-state index is 13.4. The van der Waals surface area contributed by atoms with Gasteiger partial charge in [0.1, 0.15) is 17.5 Å². The lowest BCUT2D eigenvalue weighted by molar-refractivity contribution is 0.0277. The SMILES string of the molecule is COc1cccc(C(O)(c2ccccc2)c2ccccc2)c1-c1c(Cl)cccc1NC(=O)O[C@@H]1CCCC[C@H]1C(C)C. The van der Waals surface area contributed by atoms with Crippen LogP contribution in [-0.2, 0) is 10.3 Å². The van der Waals surface area contributed by atoms with E-state index in [-0.39, 0.29) is 6.10 Å². The van der Waals surface area contributed by atoms with Crippen molar-refractivity contribution in [2.75, 3.05) is 12.4 Å². The third-order valence-corrected chi connectivity index (χ3v) is 8.70. The largest absolute Gasteiger partial charge is 0.496 e. The zero-order chi connectivity index (χ0) is 29.7. The van der Waals surface area contributed by atoms with Gasteiger partial charge in [-0.2, -0.15) is 0 Å². The van der Waals surface area contributed by atoms with E-state index in [1.807, 2.05) is 78.9 Å². The van der Waals surface area contributed by atoms with Crippen LogP contribution in [0.4, 0.5) is 10.5 Å². The Hall–Kier alpha value is -3.80. The lowest BCUT2D eigenvalue weighted by Crippen LogP contribution is -2.34. The van der Waals surface area contributed by atoms with Crippen molar-refractivity contribution in [3.8, 4) is 16.9 Å². The number of benzene rings is 4. The molecule has 0 saturated heterocycles. The number of methoxy groups -OCH3 is 1. The highest BCUT2D eigenvalue weighted by Crippen LogP contribution is 2.49. The summed E-state index contributed by atoms with van der Waals surface area (Å²) in [5, 5.41) is 16.1. The maximum Gasteiger partial charge on any atom is 0.411 e. The summed E-state index contributed by atoms with van der Waals surface area (Å²) in [4.78, 5) is 13.4. The third kappa shape index (κ3) is 5.90. The molecule has 2 N–H and O–H groups in total. The quantitative estimate of drug-likeness (QED) is 0.203. The molecule has 0 radical (unpaired) electrons. The fourth-order valence-electron chi connectivity index (χ4n) is 6.29. The molecule has 218 valence electrons. The van der Waals surface area contributed by atoms with E-state index in [1.54, 1.807) is 25.3 Å². The molecule has 1 saturated carbocycles. The van der Waals surface area contributed by atoms with E-state index in [4.69, 9.17) is 21.1 Å². The van der Waals surface area contributed by atoms with Crippen LogP contribution in [0.2, 0.25) is 5.02 Å². The standard InChI is InChI=1S/C36H38ClNO4/c1-24(2)27-18-10-11-22-31(27)42-35(39)38-30-21-13-20-29(37)34(30)33-28(19-12-23-32(33)41-3)36(40,25-14-6-4-7-15-25)26-16-8-5-9-17-26/h4-9,12-17,19-21,23-24,27,31,40H,10-11,18,22H2,1-3H3,(H,38,39)/t27-,31+/m0/s1. The summed E-state index contributed by atoms with van der Waals surface area (Å²) in [7, 11) is 1.58. The molecule has 42 heavy (non-hydrogen) atoms. The number of carbonyl (C=O) groups is 1. The van der Waals surface area contributed by atoms with E-state index < -0.39 is 11.7 Å². The molecule has 5 nitrogen and oxygen atoms in total. The second kappa shape index (κ2) is 13.0. The van der Waals surface area contributed by atoms with Crippen LogP contribution in [0, 0.1) is 11.8 Å². The first-order chi connectivity index (χ1) is 20.3. The number of ether oxygens (including phenoxy) is 2. The molecule has 0 bridgehead atoms. The molecule has 0 aromatic heterocycles. The summed E-state index contributed by atoms with van der Waals surface area (Å²) >= 11 is 6.92. The molecule has 4 aromatic carbocycles. The number of aliphatic hydroxyl groups is 1.